The molecule has 0 bridgehead atoms. The van der Waals surface area contributed by atoms with E-state index in [1.807, 2.05) is 6.07 Å². The number of rotatable bonds is 5. The topological polar surface area (TPSA) is 21.3 Å². The van der Waals surface area contributed by atoms with Crippen molar-refractivity contribution in [1.82, 2.24) is 5.32 Å². The Labute approximate surface area is 127 Å². The van der Waals surface area contributed by atoms with Crippen molar-refractivity contribution in [1.29, 1.82) is 0 Å². The summed E-state index contributed by atoms with van der Waals surface area (Å²) in [6.07, 6.45) is 3.77. The summed E-state index contributed by atoms with van der Waals surface area (Å²) in [6, 6.07) is 19.7. The quantitative estimate of drug-likeness (QED) is 0.891. The molecule has 2 nitrogen and oxygen atoms in total. The first-order chi connectivity index (χ1) is 10.3. The molecule has 1 aliphatic carbocycles. The second-order valence-electron chi connectivity index (χ2n) is 5.87. The van der Waals surface area contributed by atoms with Crippen LogP contribution in [-0.4, -0.2) is 14.2 Å². The van der Waals surface area contributed by atoms with Crippen LogP contribution in [0.5, 0.6) is 5.75 Å². The maximum atomic E-state index is 5.39. The van der Waals surface area contributed by atoms with Crippen molar-refractivity contribution < 1.29 is 4.74 Å². The molecule has 3 rings (SSSR count). The molecule has 110 valence electrons. The lowest BCUT2D eigenvalue weighted by molar-refractivity contribution is 0.175. The Balaban J connectivity index is 2.01. The summed E-state index contributed by atoms with van der Waals surface area (Å²) in [6.45, 7) is 0. The predicted molar refractivity (Wildman–Crippen MR) is 86.8 cm³/mol. The summed E-state index contributed by atoms with van der Waals surface area (Å²) in [5.74, 6) is 0.926. The average molecular weight is 281 g/mol. The molecule has 2 heteroatoms. The Kier molecular flexibility index (Phi) is 3.98. The third kappa shape index (κ3) is 2.44. The minimum atomic E-state index is 0.211. The van der Waals surface area contributed by atoms with E-state index in [2.05, 4.69) is 60.9 Å². The number of nitrogens with one attached hydrogen (secondary N) is 1. The molecule has 1 saturated carbocycles. The summed E-state index contributed by atoms with van der Waals surface area (Å²) in [5, 5.41) is 3.56. The third-order valence-electron chi connectivity index (χ3n) is 4.86. The molecule has 2 aromatic rings. The zero-order chi connectivity index (χ0) is 14.7. The molecule has 1 fully saturated rings. The van der Waals surface area contributed by atoms with Crippen LogP contribution >= 0.6 is 0 Å². The molecule has 0 amide bonds. The molecular formula is C19H23NO. The number of benzene rings is 2. The van der Waals surface area contributed by atoms with Crippen LogP contribution in [-0.2, 0) is 5.41 Å². The SMILES string of the molecule is CNC(c1cccc(OC)c1)C1(c2ccccc2)CCC1. The maximum Gasteiger partial charge on any atom is 0.119 e. The summed E-state index contributed by atoms with van der Waals surface area (Å²) in [5.41, 5.74) is 2.96. The Bertz CT molecular complexity index is 590. The molecular weight excluding hydrogens is 258 g/mol. The highest BCUT2D eigenvalue weighted by molar-refractivity contribution is 5.38. The lowest BCUT2D eigenvalue weighted by Crippen LogP contribution is -2.45. The van der Waals surface area contributed by atoms with E-state index in [-0.39, 0.29) is 5.41 Å². The predicted octanol–water partition coefficient (Wildman–Crippen LogP) is 4.08. The highest BCUT2D eigenvalue weighted by Crippen LogP contribution is 2.52. The van der Waals surface area contributed by atoms with Crippen LogP contribution in [0, 0.1) is 0 Å². The van der Waals surface area contributed by atoms with E-state index in [1.165, 1.54) is 30.4 Å². The van der Waals surface area contributed by atoms with Gasteiger partial charge in [0.15, 0.2) is 0 Å². The van der Waals surface area contributed by atoms with Gasteiger partial charge in [-0.15, -0.1) is 0 Å². The van der Waals surface area contributed by atoms with E-state index in [9.17, 15) is 0 Å². The van der Waals surface area contributed by atoms with E-state index in [0.717, 1.165) is 5.75 Å². The summed E-state index contributed by atoms with van der Waals surface area (Å²) in [7, 11) is 3.79. The van der Waals surface area contributed by atoms with Gasteiger partial charge in [0.25, 0.3) is 0 Å². The van der Waals surface area contributed by atoms with Crippen LogP contribution in [0.1, 0.15) is 36.4 Å². The number of likely N-dealkylation sites (N-methyl/N-ethyl adjacent to an activating group) is 1. The van der Waals surface area contributed by atoms with Crippen LogP contribution in [0.4, 0.5) is 0 Å². The smallest absolute Gasteiger partial charge is 0.119 e. The van der Waals surface area contributed by atoms with Crippen molar-refractivity contribution >= 4 is 0 Å². The van der Waals surface area contributed by atoms with Crippen molar-refractivity contribution in [2.24, 2.45) is 0 Å². The van der Waals surface area contributed by atoms with Gasteiger partial charge in [-0.1, -0.05) is 48.9 Å². The van der Waals surface area contributed by atoms with Gasteiger partial charge in [-0.3, -0.25) is 0 Å². The van der Waals surface area contributed by atoms with Gasteiger partial charge >= 0.3 is 0 Å². The molecule has 21 heavy (non-hydrogen) atoms. The van der Waals surface area contributed by atoms with E-state index < -0.39 is 0 Å². The van der Waals surface area contributed by atoms with Crippen molar-refractivity contribution in [2.75, 3.05) is 14.2 Å². The fourth-order valence-electron chi connectivity index (χ4n) is 3.65. The molecule has 0 saturated heterocycles. The Morgan fingerprint density at radius 1 is 1.05 bits per heavy atom. The lowest BCUT2D eigenvalue weighted by Gasteiger charge is -2.48. The largest absolute Gasteiger partial charge is 0.497 e. The zero-order valence-corrected chi connectivity index (χ0v) is 12.8. The monoisotopic (exact) mass is 281 g/mol. The molecule has 1 aliphatic rings. The Morgan fingerprint density at radius 3 is 2.38 bits per heavy atom. The highest BCUT2D eigenvalue weighted by atomic mass is 16.5. The van der Waals surface area contributed by atoms with Crippen LogP contribution in [0.25, 0.3) is 0 Å². The van der Waals surface area contributed by atoms with Crippen LogP contribution in [0.2, 0.25) is 0 Å². The molecule has 0 heterocycles. The summed E-state index contributed by atoms with van der Waals surface area (Å²) >= 11 is 0. The lowest BCUT2D eigenvalue weighted by atomic mass is 9.59. The normalized spacial score (nSPS) is 17.8. The minimum absolute atomic E-state index is 0.211. The first-order valence-electron chi connectivity index (χ1n) is 7.67. The Hall–Kier alpha value is -1.80. The van der Waals surface area contributed by atoms with E-state index in [1.54, 1.807) is 7.11 Å². The van der Waals surface area contributed by atoms with Crippen molar-refractivity contribution in [3.05, 3.63) is 65.7 Å². The van der Waals surface area contributed by atoms with Gasteiger partial charge in [0.1, 0.15) is 5.75 Å². The van der Waals surface area contributed by atoms with Gasteiger partial charge < -0.3 is 10.1 Å². The van der Waals surface area contributed by atoms with Gasteiger partial charge in [0.05, 0.1) is 7.11 Å². The fraction of sp³-hybridized carbons (Fsp3) is 0.368. The molecule has 0 aliphatic heterocycles. The molecule has 1 atom stereocenters. The van der Waals surface area contributed by atoms with Gasteiger partial charge in [0.2, 0.25) is 0 Å². The molecule has 0 aromatic heterocycles. The second-order valence-corrected chi connectivity index (χ2v) is 5.87. The van der Waals surface area contributed by atoms with Crippen molar-refractivity contribution in [2.45, 2.75) is 30.7 Å². The number of hydrogen-bond acceptors (Lipinski definition) is 2. The van der Waals surface area contributed by atoms with Crippen LogP contribution < -0.4 is 10.1 Å². The molecule has 2 aromatic carbocycles. The van der Waals surface area contributed by atoms with E-state index in [0.29, 0.717) is 6.04 Å². The standard InChI is InChI=1S/C19H23NO/c1-20-18(15-8-6-11-17(14-15)21-2)19(12-7-13-19)16-9-4-3-5-10-16/h3-6,8-11,14,18,20H,7,12-13H2,1-2H3. The van der Waals surface area contributed by atoms with Gasteiger partial charge in [-0.05, 0) is 43.1 Å². The number of methoxy groups -OCH3 is 1. The van der Waals surface area contributed by atoms with Gasteiger partial charge in [-0.2, -0.15) is 0 Å². The fourth-order valence-corrected chi connectivity index (χ4v) is 3.65. The van der Waals surface area contributed by atoms with Gasteiger partial charge in [0, 0.05) is 11.5 Å². The maximum absolute atomic E-state index is 5.39. The zero-order valence-electron chi connectivity index (χ0n) is 12.8. The Morgan fingerprint density at radius 2 is 1.81 bits per heavy atom. The molecule has 0 spiro atoms. The summed E-state index contributed by atoms with van der Waals surface area (Å²) < 4.78 is 5.39. The first-order valence-corrected chi connectivity index (χ1v) is 7.67. The van der Waals surface area contributed by atoms with E-state index in [4.69, 9.17) is 4.74 Å². The van der Waals surface area contributed by atoms with Crippen LogP contribution in [0.3, 0.4) is 0 Å². The highest BCUT2D eigenvalue weighted by Gasteiger charge is 2.45. The number of hydrogen-bond donors (Lipinski definition) is 1. The third-order valence-corrected chi connectivity index (χ3v) is 4.86. The molecule has 0 radical (unpaired) electrons. The molecule has 1 N–H and O–H groups in total. The van der Waals surface area contributed by atoms with Crippen molar-refractivity contribution in [3.63, 3.8) is 0 Å². The summed E-state index contributed by atoms with van der Waals surface area (Å²) in [4.78, 5) is 0. The number of ether oxygens (including phenoxy) is 1. The minimum Gasteiger partial charge on any atom is -0.497 e. The average Bonchev–Trinajstić information content (AvgIpc) is 2.51. The van der Waals surface area contributed by atoms with Gasteiger partial charge in [-0.25, -0.2) is 0 Å². The van der Waals surface area contributed by atoms with Crippen molar-refractivity contribution in [3.8, 4) is 5.75 Å². The first kappa shape index (κ1) is 14.2. The molecule has 1 unspecified atom stereocenters. The second kappa shape index (κ2) is 5.90. The van der Waals surface area contributed by atoms with Crippen LogP contribution in [0.15, 0.2) is 54.6 Å². The van der Waals surface area contributed by atoms with E-state index >= 15 is 0 Å².